The highest BCUT2D eigenvalue weighted by molar-refractivity contribution is 7.89. The van der Waals surface area contributed by atoms with E-state index in [1.54, 1.807) is 0 Å². The third kappa shape index (κ3) is 5.68. The van der Waals surface area contributed by atoms with Crippen molar-refractivity contribution >= 4 is 16.0 Å². The fourth-order valence-electron chi connectivity index (χ4n) is 2.96. The summed E-state index contributed by atoms with van der Waals surface area (Å²) in [7, 11) is -2.86. The maximum absolute atomic E-state index is 13.4. The Balaban J connectivity index is 1.75. The van der Waals surface area contributed by atoms with E-state index in [-0.39, 0.29) is 17.9 Å². The zero-order chi connectivity index (χ0) is 24.3. The summed E-state index contributed by atoms with van der Waals surface area (Å²) in [5, 5.41) is 9.38. The van der Waals surface area contributed by atoms with Crippen LogP contribution < -0.4 is 4.74 Å². The van der Waals surface area contributed by atoms with E-state index in [0.29, 0.717) is 23.8 Å². The predicted molar refractivity (Wildman–Crippen MR) is 109 cm³/mol. The van der Waals surface area contributed by atoms with Crippen molar-refractivity contribution in [2.75, 3.05) is 7.05 Å². The van der Waals surface area contributed by atoms with Gasteiger partial charge < -0.3 is 9.84 Å². The highest BCUT2D eigenvalue weighted by Crippen LogP contribution is 2.25. The van der Waals surface area contributed by atoms with Gasteiger partial charge in [0, 0.05) is 25.2 Å². The summed E-state index contributed by atoms with van der Waals surface area (Å²) in [6, 6.07) is 10.2. The molecule has 6 nitrogen and oxygen atoms in total. The van der Waals surface area contributed by atoms with Gasteiger partial charge in [0.25, 0.3) is 0 Å². The molecule has 0 saturated heterocycles. The molecule has 1 unspecified atom stereocenters. The van der Waals surface area contributed by atoms with Crippen LogP contribution in [0.4, 0.5) is 17.6 Å². The summed E-state index contributed by atoms with van der Waals surface area (Å²) < 4.78 is 84.8. The van der Waals surface area contributed by atoms with E-state index in [1.165, 1.54) is 31.3 Å². The molecule has 11 heteroatoms. The molecule has 0 saturated carbocycles. The lowest BCUT2D eigenvalue weighted by molar-refractivity contribution is -0.145. The van der Waals surface area contributed by atoms with Crippen LogP contribution in [0.5, 0.6) is 5.75 Å². The molecule has 3 aromatic rings. The summed E-state index contributed by atoms with van der Waals surface area (Å²) >= 11 is 0. The van der Waals surface area contributed by atoms with Gasteiger partial charge in [0.1, 0.15) is 17.4 Å². The number of carbonyl (C=O) groups is 1. The molecule has 33 heavy (non-hydrogen) atoms. The number of halogens is 4. The maximum atomic E-state index is 13.4. The SMILES string of the molecule is CN(Cc1ccc(OC(C(=O)O)c2cc(F)cc(F)c2)cc1)S(=O)(=O)c1ccc(F)c(F)c1. The summed E-state index contributed by atoms with van der Waals surface area (Å²) in [5.74, 6) is -5.80. The van der Waals surface area contributed by atoms with E-state index < -0.39 is 50.3 Å². The third-order valence-corrected chi connectivity index (χ3v) is 6.39. The minimum absolute atomic E-state index is 0.0573. The molecule has 0 bridgehead atoms. The first kappa shape index (κ1) is 24.2. The smallest absolute Gasteiger partial charge is 0.349 e. The number of carboxylic acid groups (broad SMARTS) is 1. The fourth-order valence-corrected chi connectivity index (χ4v) is 4.13. The second-order valence-electron chi connectivity index (χ2n) is 7.02. The molecular weight excluding hydrogens is 466 g/mol. The Morgan fingerprint density at radius 1 is 0.939 bits per heavy atom. The average Bonchev–Trinajstić information content (AvgIpc) is 2.74. The van der Waals surface area contributed by atoms with E-state index >= 15 is 0 Å². The Morgan fingerprint density at radius 3 is 2.09 bits per heavy atom. The molecule has 0 aliphatic carbocycles. The van der Waals surface area contributed by atoms with Gasteiger partial charge in [-0.3, -0.25) is 0 Å². The number of benzene rings is 3. The van der Waals surface area contributed by atoms with E-state index in [4.69, 9.17) is 4.74 Å². The highest BCUT2D eigenvalue weighted by atomic mass is 32.2. The van der Waals surface area contributed by atoms with Crippen LogP contribution in [0.25, 0.3) is 0 Å². The molecule has 0 fully saturated rings. The summed E-state index contributed by atoms with van der Waals surface area (Å²) in [6.45, 7) is -0.140. The second-order valence-corrected chi connectivity index (χ2v) is 9.06. The molecule has 0 aliphatic rings. The standard InChI is InChI=1S/C22H17F4NO5S/c1-27(33(30,31)18-6-7-19(25)20(26)11-18)12-13-2-4-17(5-3-13)32-21(22(28)29)14-8-15(23)10-16(24)9-14/h2-11,21H,12H2,1H3,(H,28,29). The van der Waals surface area contributed by atoms with E-state index in [9.17, 15) is 35.9 Å². The van der Waals surface area contributed by atoms with Crippen molar-refractivity contribution in [2.45, 2.75) is 17.5 Å². The molecule has 1 atom stereocenters. The number of rotatable bonds is 8. The minimum atomic E-state index is -4.11. The lowest BCUT2D eigenvalue weighted by atomic mass is 10.1. The van der Waals surface area contributed by atoms with Crippen LogP contribution in [-0.2, 0) is 21.4 Å². The van der Waals surface area contributed by atoms with Gasteiger partial charge in [0.2, 0.25) is 16.1 Å². The average molecular weight is 483 g/mol. The van der Waals surface area contributed by atoms with Gasteiger partial charge in [0.15, 0.2) is 11.6 Å². The maximum Gasteiger partial charge on any atom is 0.349 e. The van der Waals surface area contributed by atoms with Gasteiger partial charge in [-0.1, -0.05) is 12.1 Å². The first-order valence-corrected chi connectivity index (χ1v) is 10.8. The lowest BCUT2D eigenvalue weighted by Gasteiger charge is -2.18. The van der Waals surface area contributed by atoms with Crippen LogP contribution in [0.2, 0.25) is 0 Å². The van der Waals surface area contributed by atoms with Crippen molar-refractivity contribution < 1.29 is 40.6 Å². The Hall–Kier alpha value is -3.44. The molecule has 3 rings (SSSR count). The third-order valence-electron chi connectivity index (χ3n) is 4.59. The van der Waals surface area contributed by atoms with Crippen LogP contribution >= 0.6 is 0 Å². The lowest BCUT2D eigenvalue weighted by Crippen LogP contribution is -2.26. The van der Waals surface area contributed by atoms with Crippen LogP contribution in [0.15, 0.2) is 65.6 Å². The molecule has 0 spiro atoms. The van der Waals surface area contributed by atoms with Gasteiger partial charge in [-0.25, -0.2) is 30.8 Å². The van der Waals surface area contributed by atoms with Crippen LogP contribution in [0.3, 0.4) is 0 Å². The fraction of sp³-hybridized carbons (Fsp3) is 0.136. The van der Waals surface area contributed by atoms with E-state index in [2.05, 4.69) is 0 Å². The van der Waals surface area contributed by atoms with Gasteiger partial charge in [-0.15, -0.1) is 0 Å². The summed E-state index contributed by atoms with van der Waals surface area (Å²) in [6.07, 6.45) is -1.68. The van der Waals surface area contributed by atoms with Gasteiger partial charge >= 0.3 is 5.97 Å². The Labute approximate surface area is 186 Å². The molecule has 3 aromatic carbocycles. The number of hydrogen-bond acceptors (Lipinski definition) is 4. The summed E-state index contributed by atoms with van der Waals surface area (Å²) in [5.41, 5.74) is 0.237. The second kappa shape index (κ2) is 9.59. The molecule has 1 N–H and O–H groups in total. The van der Waals surface area contributed by atoms with Crippen molar-refractivity contribution in [1.29, 1.82) is 0 Å². The zero-order valence-corrected chi connectivity index (χ0v) is 17.8. The Kier molecular flexibility index (Phi) is 7.04. The van der Waals surface area contributed by atoms with Gasteiger partial charge in [-0.05, 0) is 48.0 Å². The number of nitrogens with zero attached hydrogens (tertiary/aromatic N) is 1. The predicted octanol–water partition coefficient (Wildman–Crippen LogP) is 4.27. The normalized spacial score (nSPS) is 12.5. The van der Waals surface area contributed by atoms with Gasteiger partial charge in [0.05, 0.1) is 4.90 Å². The monoisotopic (exact) mass is 483 g/mol. The number of sulfonamides is 1. The first-order valence-electron chi connectivity index (χ1n) is 9.33. The topological polar surface area (TPSA) is 83.9 Å². The van der Waals surface area contributed by atoms with Crippen molar-refractivity contribution in [3.05, 3.63) is 95.1 Å². The van der Waals surface area contributed by atoms with Crippen molar-refractivity contribution in [2.24, 2.45) is 0 Å². The van der Waals surface area contributed by atoms with E-state index in [0.717, 1.165) is 22.5 Å². The number of aliphatic carboxylic acids is 1. The molecule has 174 valence electrons. The van der Waals surface area contributed by atoms with Gasteiger partial charge in [-0.2, -0.15) is 4.31 Å². The van der Waals surface area contributed by atoms with E-state index in [1.807, 2.05) is 0 Å². The van der Waals surface area contributed by atoms with Crippen LogP contribution in [0.1, 0.15) is 17.2 Å². The Morgan fingerprint density at radius 2 is 1.55 bits per heavy atom. The quantitative estimate of drug-likeness (QED) is 0.484. The highest BCUT2D eigenvalue weighted by Gasteiger charge is 2.25. The molecule has 0 aliphatic heterocycles. The first-order chi connectivity index (χ1) is 15.5. The number of carboxylic acids is 1. The van der Waals surface area contributed by atoms with Crippen LogP contribution in [0, 0.1) is 23.3 Å². The molecule has 0 amide bonds. The Bertz CT molecular complexity index is 1260. The van der Waals surface area contributed by atoms with Crippen LogP contribution in [-0.4, -0.2) is 30.8 Å². The van der Waals surface area contributed by atoms with Crippen molar-refractivity contribution in [3.63, 3.8) is 0 Å². The van der Waals surface area contributed by atoms with Crippen molar-refractivity contribution in [1.82, 2.24) is 4.31 Å². The minimum Gasteiger partial charge on any atom is -0.478 e. The number of hydrogen-bond donors (Lipinski definition) is 1. The summed E-state index contributed by atoms with van der Waals surface area (Å²) in [4.78, 5) is 11.1. The van der Waals surface area contributed by atoms with Crippen molar-refractivity contribution in [3.8, 4) is 5.75 Å². The molecular formula is C22H17F4NO5S. The molecule has 0 aromatic heterocycles. The molecule has 0 heterocycles. The largest absolute Gasteiger partial charge is 0.478 e. The zero-order valence-electron chi connectivity index (χ0n) is 17.0. The number of ether oxygens (including phenoxy) is 1. The molecule has 0 radical (unpaired) electrons.